The summed E-state index contributed by atoms with van der Waals surface area (Å²) < 4.78 is 0. The van der Waals surface area contributed by atoms with E-state index in [1.807, 2.05) is 13.8 Å². The van der Waals surface area contributed by atoms with E-state index in [4.69, 9.17) is 0 Å². The van der Waals surface area contributed by atoms with Crippen molar-refractivity contribution >= 4 is 0 Å². The van der Waals surface area contributed by atoms with Crippen molar-refractivity contribution in [3.63, 3.8) is 0 Å². The van der Waals surface area contributed by atoms with Crippen LogP contribution < -0.4 is 0 Å². The topological polar surface area (TPSA) is 25.8 Å². The van der Waals surface area contributed by atoms with Crippen molar-refractivity contribution in [1.82, 2.24) is 9.97 Å². The van der Waals surface area contributed by atoms with E-state index in [0.29, 0.717) is 0 Å². The molecule has 1 rings (SSSR count). The minimum absolute atomic E-state index is 0. The molecular formula is C6H7N2Y-. The molecule has 0 aromatic carbocycles. The summed E-state index contributed by atoms with van der Waals surface area (Å²) in [6.07, 6.45) is 1.64. The minimum atomic E-state index is 0. The molecule has 0 atom stereocenters. The molecular weight excluding hydrogens is 189 g/mol. The SMILES string of the molecule is Cc1[c-]cnc(C)n1.[Y]. The smallest absolute Gasteiger partial charge is 0.118 e. The Labute approximate surface area is 80.0 Å². The predicted octanol–water partition coefficient (Wildman–Crippen LogP) is 0.891. The number of aromatic nitrogens is 2. The van der Waals surface area contributed by atoms with Crippen molar-refractivity contribution < 1.29 is 32.7 Å². The van der Waals surface area contributed by atoms with E-state index in [1.54, 1.807) is 6.20 Å². The monoisotopic (exact) mass is 196 g/mol. The second-order valence-electron chi connectivity index (χ2n) is 1.65. The summed E-state index contributed by atoms with van der Waals surface area (Å²) in [5.74, 6) is 0.807. The fourth-order valence-corrected chi connectivity index (χ4v) is 0.523. The van der Waals surface area contributed by atoms with Crippen LogP contribution in [0.1, 0.15) is 11.5 Å². The Morgan fingerprint density at radius 3 is 2.44 bits per heavy atom. The zero-order valence-corrected chi connectivity index (χ0v) is 8.39. The third-order valence-corrected chi connectivity index (χ3v) is 0.854. The average Bonchev–Trinajstić information content (AvgIpc) is 1.64. The van der Waals surface area contributed by atoms with Gasteiger partial charge in [-0.2, -0.15) is 0 Å². The molecule has 0 amide bonds. The van der Waals surface area contributed by atoms with Crippen LogP contribution in [-0.2, 0) is 32.7 Å². The molecule has 3 heteroatoms. The molecule has 0 saturated heterocycles. The van der Waals surface area contributed by atoms with Crippen LogP contribution in [0.15, 0.2) is 6.20 Å². The van der Waals surface area contributed by atoms with Crippen molar-refractivity contribution in [2.45, 2.75) is 13.8 Å². The van der Waals surface area contributed by atoms with E-state index >= 15 is 0 Å². The normalized spacial score (nSPS) is 8.22. The van der Waals surface area contributed by atoms with Crippen LogP contribution >= 0.6 is 0 Å². The van der Waals surface area contributed by atoms with Crippen LogP contribution in [-0.4, -0.2) is 9.97 Å². The van der Waals surface area contributed by atoms with Gasteiger partial charge in [0, 0.05) is 32.7 Å². The molecule has 1 heterocycles. The predicted molar refractivity (Wildman–Crippen MR) is 30.3 cm³/mol. The van der Waals surface area contributed by atoms with Gasteiger partial charge in [0.25, 0.3) is 0 Å². The van der Waals surface area contributed by atoms with Gasteiger partial charge in [-0.15, -0.1) is 11.9 Å². The van der Waals surface area contributed by atoms with Crippen LogP contribution in [0.2, 0.25) is 0 Å². The minimum Gasteiger partial charge on any atom is -0.430 e. The molecule has 1 aromatic heterocycles. The van der Waals surface area contributed by atoms with Gasteiger partial charge in [0.15, 0.2) is 0 Å². The maximum Gasteiger partial charge on any atom is 0.118 e. The first-order valence-electron chi connectivity index (χ1n) is 2.47. The molecule has 0 aliphatic heterocycles. The fourth-order valence-electron chi connectivity index (χ4n) is 0.523. The van der Waals surface area contributed by atoms with Gasteiger partial charge < -0.3 is 6.07 Å². The summed E-state index contributed by atoms with van der Waals surface area (Å²) in [6.45, 7) is 3.76. The molecule has 0 bridgehead atoms. The van der Waals surface area contributed by atoms with Gasteiger partial charge in [-0.3, -0.25) is 9.97 Å². The van der Waals surface area contributed by atoms with Gasteiger partial charge in [-0.25, -0.2) is 0 Å². The van der Waals surface area contributed by atoms with Crippen molar-refractivity contribution in [1.29, 1.82) is 0 Å². The number of nitrogens with zero attached hydrogens (tertiary/aromatic N) is 2. The average molecular weight is 196 g/mol. The Morgan fingerprint density at radius 2 is 2.11 bits per heavy atom. The first-order valence-corrected chi connectivity index (χ1v) is 2.47. The van der Waals surface area contributed by atoms with Crippen molar-refractivity contribution in [3.05, 3.63) is 23.8 Å². The fraction of sp³-hybridized carbons (Fsp3) is 0.333. The van der Waals surface area contributed by atoms with Gasteiger partial charge in [0.05, 0.1) is 0 Å². The molecule has 0 aliphatic rings. The first-order chi connectivity index (χ1) is 3.79. The molecule has 0 saturated carbocycles. The Hall–Kier alpha value is 0.184. The Balaban J connectivity index is 0.000000640. The third-order valence-electron chi connectivity index (χ3n) is 0.854. The molecule has 1 aromatic rings. The quantitative estimate of drug-likeness (QED) is 0.576. The second kappa shape index (κ2) is 4.07. The van der Waals surface area contributed by atoms with E-state index in [2.05, 4.69) is 16.0 Å². The summed E-state index contributed by atoms with van der Waals surface area (Å²) in [5, 5.41) is 0. The van der Waals surface area contributed by atoms with E-state index in [1.165, 1.54) is 0 Å². The number of aryl methyl sites for hydroxylation is 2. The Kier molecular flexibility index (Phi) is 4.16. The zero-order valence-electron chi connectivity index (χ0n) is 5.55. The van der Waals surface area contributed by atoms with Crippen molar-refractivity contribution in [2.24, 2.45) is 0 Å². The number of hydrogen-bond donors (Lipinski definition) is 0. The van der Waals surface area contributed by atoms with Gasteiger partial charge in [-0.1, -0.05) is 6.92 Å². The largest absolute Gasteiger partial charge is 0.430 e. The van der Waals surface area contributed by atoms with Crippen LogP contribution in [0.4, 0.5) is 0 Å². The second-order valence-corrected chi connectivity index (χ2v) is 1.65. The molecule has 45 valence electrons. The molecule has 2 nitrogen and oxygen atoms in total. The zero-order chi connectivity index (χ0) is 5.98. The Morgan fingerprint density at radius 1 is 1.44 bits per heavy atom. The van der Waals surface area contributed by atoms with Gasteiger partial charge in [-0.05, 0) is 6.92 Å². The van der Waals surface area contributed by atoms with E-state index in [9.17, 15) is 0 Å². The summed E-state index contributed by atoms with van der Waals surface area (Å²) in [4.78, 5) is 7.88. The molecule has 0 fully saturated rings. The Bertz CT molecular complexity index is 171. The van der Waals surface area contributed by atoms with Crippen LogP contribution in [0.5, 0.6) is 0 Å². The molecule has 0 N–H and O–H groups in total. The summed E-state index contributed by atoms with van der Waals surface area (Å²) in [5.41, 5.74) is 0.900. The number of hydrogen-bond acceptors (Lipinski definition) is 2. The molecule has 0 aliphatic carbocycles. The van der Waals surface area contributed by atoms with Gasteiger partial charge in [0.1, 0.15) is 5.82 Å². The summed E-state index contributed by atoms with van der Waals surface area (Å²) in [6, 6.07) is 2.85. The molecule has 9 heavy (non-hydrogen) atoms. The standard InChI is InChI=1S/C6H7N2.Y/c1-5-3-4-7-6(2)8-5;/h4H,1-2H3;/q-1;. The van der Waals surface area contributed by atoms with Crippen molar-refractivity contribution in [3.8, 4) is 0 Å². The molecule has 1 radical (unpaired) electrons. The summed E-state index contributed by atoms with van der Waals surface area (Å²) in [7, 11) is 0. The molecule has 0 spiro atoms. The van der Waals surface area contributed by atoms with Gasteiger partial charge >= 0.3 is 0 Å². The van der Waals surface area contributed by atoms with Crippen LogP contribution in [0.3, 0.4) is 0 Å². The third kappa shape index (κ3) is 3.02. The van der Waals surface area contributed by atoms with E-state index < -0.39 is 0 Å². The maximum atomic E-state index is 4.01. The molecule has 0 unspecified atom stereocenters. The van der Waals surface area contributed by atoms with Crippen molar-refractivity contribution in [2.75, 3.05) is 0 Å². The van der Waals surface area contributed by atoms with E-state index in [-0.39, 0.29) is 32.7 Å². The van der Waals surface area contributed by atoms with Crippen LogP contribution in [0, 0.1) is 19.9 Å². The summed E-state index contributed by atoms with van der Waals surface area (Å²) >= 11 is 0. The number of rotatable bonds is 0. The van der Waals surface area contributed by atoms with Gasteiger partial charge in [0.2, 0.25) is 0 Å². The van der Waals surface area contributed by atoms with Crippen LogP contribution in [0.25, 0.3) is 0 Å². The van der Waals surface area contributed by atoms with E-state index in [0.717, 1.165) is 11.5 Å². The maximum absolute atomic E-state index is 4.01. The first kappa shape index (κ1) is 9.18.